The minimum atomic E-state index is -0.144. The molecule has 2 amide bonds. The molecule has 24 heavy (non-hydrogen) atoms. The second-order valence-corrected chi connectivity index (χ2v) is 6.36. The number of rotatable bonds is 6. The van der Waals surface area contributed by atoms with Gasteiger partial charge in [0.1, 0.15) is 0 Å². The van der Waals surface area contributed by atoms with Crippen LogP contribution in [0.5, 0.6) is 0 Å². The van der Waals surface area contributed by atoms with Crippen molar-refractivity contribution in [1.82, 2.24) is 14.7 Å². The van der Waals surface area contributed by atoms with E-state index < -0.39 is 0 Å². The first-order chi connectivity index (χ1) is 11.6. The van der Waals surface area contributed by atoms with Gasteiger partial charge in [0.25, 0.3) is 0 Å². The molecule has 0 aliphatic heterocycles. The summed E-state index contributed by atoms with van der Waals surface area (Å²) in [5.41, 5.74) is 3.97. The van der Waals surface area contributed by atoms with E-state index in [0.717, 1.165) is 35.5 Å². The van der Waals surface area contributed by atoms with Crippen LogP contribution in [0.1, 0.15) is 29.8 Å². The third kappa shape index (κ3) is 3.94. The summed E-state index contributed by atoms with van der Waals surface area (Å²) in [5, 5.41) is 16.5. The molecule has 0 spiro atoms. The third-order valence-electron chi connectivity index (χ3n) is 4.20. The minimum absolute atomic E-state index is 0.0120. The first-order valence-corrected chi connectivity index (χ1v) is 8.35. The third-order valence-corrected chi connectivity index (χ3v) is 4.20. The monoisotopic (exact) mass is 328 g/mol. The largest absolute Gasteiger partial charge is 0.395 e. The van der Waals surface area contributed by atoms with Gasteiger partial charge in [-0.1, -0.05) is 12.1 Å². The van der Waals surface area contributed by atoms with Gasteiger partial charge in [-0.05, 0) is 50.5 Å². The van der Waals surface area contributed by atoms with E-state index in [-0.39, 0.29) is 18.7 Å². The molecule has 0 atom stereocenters. The summed E-state index contributed by atoms with van der Waals surface area (Å²) in [6.45, 7) is 5.05. The molecule has 6 heteroatoms. The summed E-state index contributed by atoms with van der Waals surface area (Å²) in [7, 11) is 0. The van der Waals surface area contributed by atoms with Crippen LogP contribution in [0.15, 0.2) is 30.3 Å². The molecule has 0 saturated heterocycles. The van der Waals surface area contributed by atoms with Gasteiger partial charge >= 0.3 is 6.03 Å². The van der Waals surface area contributed by atoms with Crippen molar-refractivity contribution in [3.8, 4) is 0 Å². The van der Waals surface area contributed by atoms with Crippen molar-refractivity contribution in [3.63, 3.8) is 0 Å². The van der Waals surface area contributed by atoms with Crippen LogP contribution in [0, 0.1) is 13.8 Å². The van der Waals surface area contributed by atoms with Crippen molar-refractivity contribution >= 4 is 11.7 Å². The number of aliphatic hydroxyl groups is 1. The second-order valence-electron chi connectivity index (χ2n) is 6.36. The normalized spacial score (nSPS) is 13.8. The first-order valence-electron chi connectivity index (χ1n) is 8.35. The van der Waals surface area contributed by atoms with E-state index in [9.17, 15) is 4.79 Å². The maximum Gasteiger partial charge on any atom is 0.322 e. The summed E-state index contributed by atoms with van der Waals surface area (Å²) in [5.74, 6) is 0. The summed E-state index contributed by atoms with van der Waals surface area (Å²) in [4.78, 5) is 14.1. The predicted octanol–water partition coefficient (Wildman–Crippen LogP) is 2.54. The number of aliphatic hydroxyl groups excluding tert-OH is 1. The van der Waals surface area contributed by atoms with Gasteiger partial charge in [-0.2, -0.15) is 5.10 Å². The van der Waals surface area contributed by atoms with E-state index in [0.29, 0.717) is 13.1 Å². The van der Waals surface area contributed by atoms with Crippen molar-refractivity contribution in [2.45, 2.75) is 39.3 Å². The number of hydrogen-bond donors (Lipinski definition) is 2. The Hall–Kier alpha value is -2.34. The number of anilines is 1. The number of aryl methyl sites for hydroxylation is 2. The van der Waals surface area contributed by atoms with Crippen molar-refractivity contribution in [1.29, 1.82) is 0 Å². The highest BCUT2D eigenvalue weighted by molar-refractivity contribution is 5.89. The lowest BCUT2D eigenvalue weighted by Crippen LogP contribution is -2.38. The number of nitrogens with zero attached hydrogens (tertiary/aromatic N) is 3. The fourth-order valence-electron chi connectivity index (χ4n) is 2.89. The second kappa shape index (κ2) is 7.05. The fourth-order valence-corrected chi connectivity index (χ4v) is 2.89. The SMILES string of the molecule is Cc1cc(C)n(Cc2cccc(NC(=O)N(CCO)C3CC3)c2)n1. The molecule has 1 aromatic carbocycles. The fraction of sp³-hybridized carbons (Fsp3) is 0.444. The quantitative estimate of drug-likeness (QED) is 0.856. The number of hydrogen-bond acceptors (Lipinski definition) is 3. The first kappa shape index (κ1) is 16.5. The summed E-state index contributed by atoms with van der Waals surface area (Å²) >= 11 is 0. The maximum atomic E-state index is 12.4. The van der Waals surface area contributed by atoms with Crippen LogP contribution >= 0.6 is 0 Å². The topological polar surface area (TPSA) is 70.4 Å². The van der Waals surface area contributed by atoms with Crippen molar-refractivity contribution in [2.75, 3.05) is 18.5 Å². The van der Waals surface area contributed by atoms with Crippen molar-refractivity contribution in [3.05, 3.63) is 47.3 Å². The lowest BCUT2D eigenvalue weighted by atomic mass is 10.2. The highest BCUT2D eigenvalue weighted by Crippen LogP contribution is 2.27. The van der Waals surface area contributed by atoms with Gasteiger partial charge in [0.2, 0.25) is 0 Å². The molecule has 6 nitrogen and oxygen atoms in total. The molecule has 1 aromatic heterocycles. The molecule has 1 heterocycles. The average Bonchev–Trinajstić information content (AvgIpc) is 3.31. The highest BCUT2D eigenvalue weighted by atomic mass is 16.3. The number of benzene rings is 1. The summed E-state index contributed by atoms with van der Waals surface area (Å²) in [6, 6.07) is 9.99. The Morgan fingerprint density at radius 1 is 1.38 bits per heavy atom. The zero-order chi connectivity index (χ0) is 17.1. The number of nitrogens with one attached hydrogen (secondary N) is 1. The van der Waals surface area contributed by atoms with E-state index in [4.69, 9.17) is 5.11 Å². The van der Waals surface area contributed by atoms with Gasteiger partial charge in [0, 0.05) is 24.0 Å². The Bertz CT molecular complexity index is 722. The van der Waals surface area contributed by atoms with Gasteiger partial charge < -0.3 is 15.3 Å². The molecule has 1 saturated carbocycles. The molecular formula is C18H24N4O2. The maximum absolute atomic E-state index is 12.4. The Labute approximate surface area is 142 Å². The van der Waals surface area contributed by atoms with Gasteiger partial charge in [-0.15, -0.1) is 0 Å². The number of amides is 2. The number of urea groups is 1. The molecule has 128 valence electrons. The molecule has 2 aromatic rings. The molecule has 0 unspecified atom stereocenters. The van der Waals surface area contributed by atoms with E-state index in [1.54, 1.807) is 4.90 Å². The van der Waals surface area contributed by atoms with Crippen LogP contribution in [0.25, 0.3) is 0 Å². The summed E-state index contributed by atoms with van der Waals surface area (Å²) in [6.07, 6.45) is 2.04. The van der Waals surface area contributed by atoms with E-state index in [1.165, 1.54) is 0 Å². The minimum Gasteiger partial charge on any atom is -0.395 e. The van der Waals surface area contributed by atoms with Crippen LogP contribution in [0.4, 0.5) is 10.5 Å². The average molecular weight is 328 g/mol. The van der Waals surface area contributed by atoms with Gasteiger partial charge in [0.05, 0.1) is 18.8 Å². The van der Waals surface area contributed by atoms with Gasteiger partial charge in [-0.25, -0.2) is 4.79 Å². The smallest absolute Gasteiger partial charge is 0.322 e. The Morgan fingerprint density at radius 3 is 2.79 bits per heavy atom. The summed E-state index contributed by atoms with van der Waals surface area (Å²) < 4.78 is 1.96. The van der Waals surface area contributed by atoms with Gasteiger partial charge in [-0.3, -0.25) is 4.68 Å². The zero-order valence-electron chi connectivity index (χ0n) is 14.2. The van der Waals surface area contributed by atoms with Gasteiger partial charge in [0.15, 0.2) is 0 Å². The standard InChI is InChI=1S/C18H24N4O2/c1-13-10-14(2)22(20-13)12-15-4-3-5-16(11-15)19-18(24)21(8-9-23)17-6-7-17/h3-5,10-11,17,23H,6-9,12H2,1-2H3,(H,19,24). The molecule has 0 radical (unpaired) electrons. The molecule has 2 N–H and O–H groups in total. The zero-order valence-corrected chi connectivity index (χ0v) is 14.2. The number of carbonyl (C=O) groups excluding carboxylic acids is 1. The van der Waals surface area contributed by atoms with E-state index in [2.05, 4.69) is 10.4 Å². The van der Waals surface area contributed by atoms with Crippen molar-refractivity contribution < 1.29 is 9.90 Å². The van der Waals surface area contributed by atoms with Crippen LogP contribution in [-0.4, -0.2) is 45.0 Å². The molecule has 1 aliphatic carbocycles. The molecular weight excluding hydrogens is 304 g/mol. The van der Waals surface area contributed by atoms with Crippen LogP contribution in [0.2, 0.25) is 0 Å². The number of aromatic nitrogens is 2. The Morgan fingerprint density at radius 2 is 2.17 bits per heavy atom. The molecule has 3 rings (SSSR count). The van der Waals surface area contributed by atoms with Crippen molar-refractivity contribution in [2.24, 2.45) is 0 Å². The predicted molar refractivity (Wildman–Crippen MR) is 93.1 cm³/mol. The molecule has 1 aliphatic rings. The Kier molecular flexibility index (Phi) is 4.85. The molecule has 1 fully saturated rings. The van der Waals surface area contributed by atoms with Crippen LogP contribution in [0.3, 0.4) is 0 Å². The lowest BCUT2D eigenvalue weighted by molar-refractivity contribution is 0.185. The van der Waals surface area contributed by atoms with E-state index >= 15 is 0 Å². The lowest BCUT2D eigenvalue weighted by Gasteiger charge is -2.22. The number of carbonyl (C=O) groups is 1. The van der Waals surface area contributed by atoms with E-state index in [1.807, 2.05) is 48.9 Å². The van der Waals surface area contributed by atoms with Crippen LogP contribution < -0.4 is 5.32 Å². The van der Waals surface area contributed by atoms with Crippen LogP contribution in [-0.2, 0) is 6.54 Å². The molecule has 0 bridgehead atoms. The Balaban J connectivity index is 1.68. The highest BCUT2D eigenvalue weighted by Gasteiger charge is 2.32.